The maximum atomic E-state index is 12.5. The van der Waals surface area contributed by atoms with Gasteiger partial charge >= 0.3 is 0 Å². The Balaban J connectivity index is 2.06. The highest BCUT2D eigenvalue weighted by Gasteiger charge is 2.28. The molecule has 0 spiro atoms. The molecule has 20 heavy (non-hydrogen) atoms. The molecule has 1 aliphatic rings. The summed E-state index contributed by atoms with van der Waals surface area (Å²) in [5.41, 5.74) is 0.738. The topological polar surface area (TPSA) is 43.3 Å². The number of carbonyl (C=O) groups is 1. The van der Waals surface area contributed by atoms with Crippen LogP contribution in [0.2, 0.25) is 0 Å². The molecule has 0 aromatic carbocycles. The fraction of sp³-hybridized carbons (Fsp3) is 0.667. The maximum Gasteiger partial charge on any atom is 0.268 e. The van der Waals surface area contributed by atoms with Crippen LogP contribution in [0.15, 0.2) is 16.7 Å². The van der Waals surface area contributed by atoms with Crippen molar-refractivity contribution in [2.45, 2.75) is 45.7 Å². The lowest BCUT2D eigenvalue weighted by Crippen LogP contribution is -2.42. The Labute approximate surface area is 129 Å². The van der Waals surface area contributed by atoms with E-state index in [4.69, 9.17) is 4.74 Å². The number of ether oxygens (including phenoxy) is 1. The van der Waals surface area contributed by atoms with Gasteiger partial charge in [0.2, 0.25) is 0 Å². The molecule has 1 aliphatic carbocycles. The summed E-state index contributed by atoms with van der Waals surface area (Å²) >= 11 is 3.46. The van der Waals surface area contributed by atoms with E-state index in [0.717, 1.165) is 23.0 Å². The Morgan fingerprint density at radius 3 is 2.80 bits per heavy atom. The number of rotatable bonds is 7. The normalized spacial score (nSPS) is 16.4. The van der Waals surface area contributed by atoms with Crippen molar-refractivity contribution in [3.63, 3.8) is 0 Å². The highest BCUT2D eigenvalue weighted by molar-refractivity contribution is 9.10. The van der Waals surface area contributed by atoms with Crippen molar-refractivity contribution in [1.29, 1.82) is 0 Å². The number of hydrogen-bond acceptors (Lipinski definition) is 2. The molecule has 2 rings (SSSR count). The van der Waals surface area contributed by atoms with Gasteiger partial charge in [0.25, 0.3) is 5.91 Å². The van der Waals surface area contributed by atoms with Crippen molar-refractivity contribution in [3.8, 4) is 0 Å². The predicted octanol–water partition coefficient (Wildman–Crippen LogP) is 3.38. The third kappa shape index (κ3) is 3.85. The molecule has 1 aromatic heterocycles. The Hall–Kier alpha value is -0.810. The highest BCUT2D eigenvalue weighted by Crippen LogP contribution is 2.37. The third-order valence-electron chi connectivity index (χ3n) is 3.61. The number of hydrogen-bond donors (Lipinski definition) is 1. The molecule has 1 heterocycles. The predicted molar refractivity (Wildman–Crippen MR) is 83.0 cm³/mol. The fourth-order valence-corrected chi connectivity index (χ4v) is 2.61. The van der Waals surface area contributed by atoms with E-state index in [1.54, 1.807) is 0 Å². The molecule has 0 aliphatic heterocycles. The minimum Gasteiger partial charge on any atom is -0.380 e. The monoisotopic (exact) mass is 342 g/mol. The molecule has 112 valence electrons. The summed E-state index contributed by atoms with van der Waals surface area (Å²) in [5, 5.41) is 3.10. The first-order valence-electron chi connectivity index (χ1n) is 7.29. The number of nitrogens with one attached hydrogen (secondary N) is 1. The second kappa shape index (κ2) is 6.76. The fourth-order valence-electron chi connectivity index (χ4n) is 2.17. The average molecular weight is 343 g/mol. The van der Waals surface area contributed by atoms with Crippen LogP contribution in [0.4, 0.5) is 0 Å². The largest absolute Gasteiger partial charge is 0.380 e. The van der Waals surface area contributed by atoms with E-state index < -0.39 is 0 Å². The second-order valence-corrected chi connectivity index (χ2v) is 6.58. The first-order valence-corrected chi connectivity index (χ1v) is 8.08. The van der Waals surface area contributed by atoms with Gasteiger partial charge in [-0.1, -0.05) is 13.8 Å². The minimum atomic E-state index is -0.0130. The van der Waals surface area contributed by atoms with E-state index in [1.807, 2.05) is 19.2 Å². The van der Waals surface area contributed by atoms with Crippen molar-refractivity contribution >= 4 is 21.8 Å². The van der Waals surface area contributed by atoms with Crippen LogP contribution >= 0.6 is 15.9 Å². The molecule has 1 N–H and O–H groups in total. The van der Waals surface area contributed by atoms with Crippen LogP contribution in [0.1, 0.15) is 50.1 Å². The van der Waals surface area contributed by atoms with Gasteiger partial charge < -0.3 is 14.6 Å². The molecular formula is C15H23BrN2O2. The van der Waals surface area contributed by atoms with Gasteiger partial charge in [0.1, 0.15) is 5.69 Å². The van der Waals surface area contributed by atoms with Crippen molar-refractivity contribution in [1.82, 2.24) is 9.88 Å². The quantitative estimate of drug-likeness (QED) is 0.825. The molecule has 1 amide bonds. The molecule has 0 bridgehead atoms. The van der Waals surface area contributed by atoms with Crippen LogP contribution in [-0.2, 0) is 4.74 Å². The SMILES string of the molecule is CCOCC(NC(=O)c1cc(Br)cn1C1CC1)C(C)C. The number of nitrogens with zero attached hydrogens (tertiary/aromatic N) is 1. The van der Waals surface area contributed by atoms with Gasteiger partial charge in [-0.25, -0.2) is 0 Å². The lowest BCUT2D eigenvalue weighted by Gasteiger charge is -2.22. The summed E-state index contributed by atoms with van der Waals surface area (Å²) in [4.78, 5) is 12.5. The van der Waals surface area contributed by atoms with E-state index >= 15 is 0 Å². The lowest BCUT2D eigenvalue weighted by molar-refractivity contribution is 0.0798. The number of amides is 1. The van der Waals surface area contributed by atoms with Gasteiger partial charge in [-0.2, -0.15) is 0 Å². The van der Waals surface area contributed by atoms with E-state index in [0.29, 0.717) is 25.2 Å². The smallest absolute Gasteiger partial charge is 0.268 e. The summed E-state index contributed by atoms with van der Waals surface area (Å²) in [5.74, 6) is 0.333. The molecule has 1 aromatic rings. The van der Waals surface area contributed by atoms with E-state index in [-0.39, 0.29) is 11.9 Å². The molecule has 1 saturated carbocycles. The average Bonchev–Trinajstić information content (AvgIpc) is 3.16. The van der Waals surface area contributed by atoms with E-state index in [1.165, 1.54) is 0 Å². The van der Waals surface area contributed by atoms with Crippen molar-refractivity contribution in [2.24, 2.45) is 5.92 Å². The molecule has 4 nitrogen and oxygen atoms in total. The lowest BCUT2D eigenvalue weighted by atomic mass is 10.1. The van der Waals surface area contributed by atoms with Gasteiger partial charge in [-0.05, 0) is 47.7 Å². The van der Waals surface area contributed by atoms with Crippen molar-refractivity contribution in [2.75, 3.05) is 13.2 Å². The zero-order chi connectivity index (χ0) is 14.7. The van der Waals surface area contributed by atoms with Gasteiger partial charge in [-0.15, -0.1) is 0 Å². The maximum absolute atomic E-state index is 12.5. The van der Waals surface area contributed by atoms with Crippen molar-refractivity contribution in [3.05, 3.63) is 22.4 Å². The Morgan fingerprint density at radius 1 is 1.55 bits per heavy atom. The summed E-state index contributed by atoms with van der Waals surface area (Å²) in [7, 11) is 0. The second-order valence-electron chi connectivity index (χ2n) is 5.67. The standard InChI is InChI=1S/C15H23BrN2O2/c1-4-20-9-13(10(2)3)17-15(19)14-7-11(16)8-18(14)12-5-6-12/h7-8,10,12-13H,4-6,9H2,1-3H3,(H,17,19). The number of carbonyl (C=O) groups excluding carboxylic acids is 1. The molecule has 1 fully saturated rings. The summed E-state index contributed by atoms with van der Waals surface area (Å²) < 4.78 is 8.50. The summed E-state index contributed by atoms with van der Waals surface area (Å²) in [6.07, 6.45) is 4.32. The van der Waals surface area contributed by atoms with Crippen molar-refractivity contribution < 1.29 is 9.53 Å². The minimum absolute atomic E-state index is 0.0130. The molecular weight excluding hydrogens is 320 g/mol. The van der Waals surface area contributed by atoms with Gasteiger partial charge in [-0.3, -0.25) is 4.79 Å². The van der Waals surface area contributed by atoms with Crippen LogP contribution in [0.5, 0.6) is 0 Å². The van der Waals surface area contributed by atoms with Gasteiger partial charge in [0, 0.05) is 23.3 Å². The number of halogens is 1. The summed E-state index contributed by atoms with van der Waals surface area (Å²) in [6.45, 7) is 7.39. The van der Waals surface area contributed by atoms with E-state index in [9.17, 15) is 4.79 Å². The highest BCUT2D eigenvalue weighted by atomic mass is 79.9. The molecule has 1 unspecified atom stereocenters. The van der Waals surface area contributed by atoms with Gasteiger partial charge in [0.15, 0.2) is 0 Å². The summed E-state index contributed by atoms with van der Waals surface area (Å²) in [6, 6.07) is 2.43. The Morgan fingerprint density at radius 2 is 2.25 bits per heavy atom. The molecule has 0 radical (unpaired) electrons. The van der Waals surface area contributed by atoms with Crippen LogP contribution < -0.4 is 5.32 Å². The Kier molecular flexibility index (Phi) is 5.27. The van der Waals surface area contributed by atoms with Crippen LogP contribution in [0.25, 0.3) is 0 Å². The van der Waals surface area contributed by atoms with Crippen LogP contribution in [0.3, 0.4) is 0 Å². The Bertz CT molecular complexity index is 466. The zero-order valence-corrected chi connectivity index (χ0v) is 13.9. The molecule has 1 atom stereocenters. The van der Waals surface area contributed by atoms with Crippen LogP contribution in [-0.4, -0.2) is 29.7 Å². The molecule has 5 heteroatoms. The first-order chi connectivity index (χ1) is 9.52. The van der Waals surface area contributed by atoms with Gasteiger partial charge in [0.05, 0.1) is 12.6 Å². The van der Waals surface area contributed by atoms with Crippen LogP contribution in [0, 0.1) is 5.92 Å². The zero-order valence-electron chi connectivity index (χ0n) is 12.4. The van der Waals surface area contributed by atoms with E-state index in [2.05, 4.69) is 39.7 Å². The molecule has 0 saturated heterocycles. The first kappa shape index (κ1) is 15.6. The number of aromatic nitrogens is 1. The third-order valence-corrected chi connectivity index (χ3v) is 4.04.